The highest BCUT2D eigenvalue weighted by molar-refractivity contribution is 4.51. The third-order valence-electron chi connectivity index (χ3n) is 3.72. The van der Waals surface area contributed by atoms with E-state index >= 15 is 0 Å². The highest BCUT2D eigenvalue weighted by Crippen LogP contribution is 2.12. The lowest BCUT2D eigenvalue weighted by molar-refractivity contribution is 0.156. The Bertz CT molecular complexity index is 159. The van der Waals surface area contributed by atoms with Crippen molar-refractivity contribution >= 4 is 0 Å². The highest BCUT2D eigenvalue weighted by Gasteiger charge is 1.95. The van der Waals surface area contributed by atoms with Crippen molar-refractivity contribution < 1.29 is 5.11 Å². The molecule has 116 valence electrons. The first-order chi connectivity index (χ1) is 9.27. The molecular weight excluding hydrogens is 234 g/mol. The second kappa shape index (κ2) is 16.0. The van der Waals surface area contributed by atoms with E-state index in [2.05, 4.69) is 12.2 Å². The summed E-state index contributed by atoms with van der Waals surface area (Å²) in [7, 11) is 0. The van der Waals surface area contributed by atoms with Gasteiger partial charge in [0.15, 0.2) is 0 Å². The summed E-state index contributed by atoms with van der Waals surface area (Å²) in [6, 6.07) is 0. The molecule has 0 saturated heterocycles. The summed E-state index contributed by atoms with van der Waals surface area (Å²) in [4.78, 5) is 0. The molecule has 2 N–H and O–H groups in total. The quantitative estimate of drug-likeness (QED) is 0.324. The second-order valence-electron chi connectivity index (χ2n) is 5.87. The Morgan fingerprint density at radius 1 is 0.684 bits per heavy atom. The molecule has 0 bridgehead atoms. The van der Waals surface area contributed by atoms with Crippen LogP contribution >= 0.6 is 0 Å². The molecule has 2 heteroatoms. The lowest BCUT2D eigenvalue weighted by Gasteiger charge is -2.06. The molecule has 0 aromatic heterocycles. The van der Waals surface area contributed by atoms with Gasteiger partial charge in [0.2, 0.25) is 0 Å². The molecule has 0 radical (unpaired) electrons. The topological polar surface area (TPSA) is 32.3 Å². The number of rotatable bonds is 15. The van der Waals surface area contributed by atoms with Crippen LogP contribution in [0.2, 0.25) is 0 Å². The van der Waals surface area contributed by atoms with Crippen LogP contribution in [-0.2, 0) is 0 Å². The first kappa shape index (κ1) is 18.9. The Kier molecular flexibility index (Phi) is 15.9. The van der Waals surface area contributed by atoms with Crippen molar-refractivity contribution in [3.63, 3.8) is 0 Å². The van der Waals surface area contributed by atoms with Gasteiger partial charge < -0.3 is 5.11 Å². The van der Waals surface area contributed by atoms with Crippen molar-refractivity contribution in [2.24, 2.45) is 0 Å². The van der Waals surface area contributed by atoms with E-state index < -0.39 is 0 Å². The summed E-state index contributed by atoms with van der Waals surface area (Å²) < 4.78 is 0. The van der Waals surface area contributed by atoms with Gasteiger partial charge in [0.1, 0.15) is 6.23 Å². The van der Waals surface area contributed by atoms with Crippen LogP contribution in [0.25, 0.3) is 0 Å². The first-order valence-corrected chi connectivity index (χ1v) is 8.68. The minimum atomic E-state index is -0.350. The Hall–Kier alpha value is -0.0800. The third kappa shape index (κ3) is 17.9. The summed E-state index contributed by atoms with van der Waals surface area (Å²) in [6.07, 6.45) is 17.7. The smallest absolute Gasteiger partial charge is 0.102 e. The van der Waals surface area contributed by atoms with Crippen LogP contribution in [0.3, 0.4) is 0 Å². The van der Waals surface area contributed by atoms with Crippen LogP contribution in [0.4, 0.5) is 0 Å². The number of unbranched alkanes of at least 4 members (excludes halogenated alkanes) is 12. The molecule has 1 atom stereocenters. The van der Waals surface area contributed by atoms with E-state index in [1.165, 1.54) is 83.5 Å². The molecule has 1 unspecified atom stereocenters. The van der Waals surface area contributed by atoms with E-state index in [0.29, 0.717) is 0 Å². The molecule has 0 aliphatic carbocycles. The van der Waals surface area contributed by atoms with Crippen molar-refractivity contribution in [1.29, 1.82) is 0 Å². The van der Waals surface area contributed by atoms with Gasteiger partial charge in [-0.05, 0) is 19.9 Å². The Balaban J connectivity index is 2.91. The maximum atomic E-state index is 9.03. The zero-order valence-electron chi connectivity index (χ0n) is 13.4. The number of nitrogens with one attached hydrogen (secondary N) is 1. The molecule has 0 heterocycles. The van der Waals surface area contributed by atoms with Crippen LogP contribution in [-0.4, -0.2) is 17.9 Å². The van der Waals surface area contributed by atoms with Crippen LogP contribution in [0, 0.1) is 0 Å². The predicted molar refractivity (Wildman–Crippen MR) is 85.4 cm³/mol. The summed E-state index contributed by atoms with van der Waals surface area (Å²) in [5.74, 6) is 0. The first-order valence-electron chi connectivity index (χ1n) is 8.68. The summed E-state index contributed by atoms with van der Waals surface area (Å²) in [5.41, 5.74) is 0. The van der Waals surface area contributed by atoms with Gasteiger partial charge >= 0.3 is 0 Å². The van der Waals surface area contributed by atoms with Crippen molar-refractivity contribution in [2.45, 2.75) is 104 Å². The summed E-state index contributed by atoms with van der Waals surface area (Å²) >= 11 is 0. The van der Waals surface area contributed by atoms with Gasteiger partial charge in [-0.1, -0.05) is 84.0 Å². The lowest BCUT2D eigenvalue weighted by atomic mass is 10.0. The van der Waals surface area contributed by atoms with E-state index in [4.69, 9.17) is 5.11 Å². The summed E-state index contributed by atoms with van der Waals surface area (Å²) in [5, 5.41) is 12.1. The number of aliphatic hydroxyl groups is 1. The molecule has 0 fully saturated rings. The Morgan fingerprint density at radius 2 is 1.05 bits per heavy atom. The van der Waals surface area contributed by atoms with Gasteiger partial charge in [0.05, 0.1) is 0 Å². The standard InChI is InChI=1S/C17H37NO/c1-3-4-5-6-7-8-9-10-11-12-13-14-15-16-18-17(2)19/h17-19H,3-16H2,1-2H3. The molecule has 0 aromatic carbocycles. The molecule has 0 amide bonds. The molecule has 0 aliphatic heterocycles. The number of hydrogen-bond donors (Lipinski definition) is 2. The van der Waals surface area contributed by atoms with E-state index in [1.54, 1.807) is 6.92 Å². The molecule has 0 aliphatic rings. The lowest BCUT2D eigenvalue weighted by Crippen LogP contribution is -2.26. The Morgan fingerprint density at radius 3 is 1.42 bits per heavy atom. The SMILES string of the molecule is CCCCCCCCCCCCCCCNC(C)O. The zero-order chi connectivity index (χ0) is 14.2. The van der Waals surface area contributed by atoms with Crippen molar-refractivity contribution in [3.8, 4) is 0 Å². The monoisotopic (exact) mass is 271 g/mol. The maximum absolute atomic E-state index is 9.03. The molecule has 0 saturated carbocycles. The van der Waals surface area contributed by atoms with E-state index in [0.717, 1.165) is 6.54 Å². The van der Waals surface area contributed by atoms with E-state index in [9.17, 15) is 0 Å². The van der Waals surface area contributed by atoms with Crippen LogP contribution in [0.15, 0.2) is 0 Å². The van der Waals surface area contributed by atoms with Crippen molar-refractivity contribution in [3.05, 3.63) is 0 Å². The minimum absolute atomic E-state index is 0.350. The van der Waals surface area contributed by atoms with Gasteiger partial charge in [-0.3, -0.25) is 5.32 Å². The molecule has 19 heavy (non-hydrogen) atoms. The maximum Gasteiger partial charge on any atom is 0.102 e. The Labute approximate surface area is 121 Å². The van der Waals surface area contributed by atoms with Crippen LogP contribution < -0.4 is 5.32 Å². The van der Waals surface area contributed by atoms with Crippen LogP contribution in [0.1, 0.15) is 97.3 Å². The van der Waals surface area contributed by atoms with Crippen molar-refractivity contribution in [2.75, 3.05) is 6.54 Å². The fraction of sp³-hybridized carbons (Fsp3) is 1.00. The molecule has 2 nitrogen and oxygen atoms in total. The molecular formula is C17H37NO. The van der Waals surface area contributed by atoms with Gasteiger partial charge in [0.25, 0.3) is 0 Å². The van der Waals surface area contributed by atoms with E-state index in [1.807, 2.05) is 0 Å². The second-order valence-corrected chi connectivity index (χ2v) is 5.87. The molecule has 0 aromatic rings. The number of hydrogen-bond acceptors (Lipinski definition) is 2. The fourth-order valence-corrected chi connectivity index (χ4v) is 2.45. The summed E-state index contributed by atoms with van der Waals surface area (Å²) in [6.45, 7) is 5.01. The third-order valence-corrected chi connectivity index (χ3v) is 3.72. The van der Waals surface area contributed by atoms with Crippen LogP contribution in [0.5, 0.6) is 0 Å². The molecule has 0 spiro atoms. The zero-order valence-corrected chi connectivity index (χ0v) is 13.4. The normalized spacial score (nSPS) is 12.8. The van der Waals surface area contributed by atoms with Gasteiger partial charge in [0, 0.05) is 0 Å². The van der Waals surface area contributed by atoms with E-state index in [-0.39, 0.29) is 6.23 Å². The van der Waals surface area contributed by atoms with Gasteiger partial charge in [-0.25, -0.2) is 0 Å². The number of aliphatic hydroxyl groups excluding tert-OH is 1. The average Bonchev–Trinajstić information content (AvgIpc) is 2.39. The molecule has 0 rings (SSSR count). The van der Waals surface area contributed by atoms with Gasteiger partial charge in [-0.2, -0.15) is 0 Å². The van der Waals surface area contributed by atoms with Crippen molar-refractivity contribution in [1.82, 2.24) is 5.32 Å². The predicted octanol–water partition coefficient (Wildman–Crippen LogP) is 5.01. The average molecular weight is 271 g/mol. The van der Waals surface area contributed by atoms with Gasteiger partial charge in [-0.15, -0.1) is 0 Å². The largest absolute Gasteiger partial charge is 0.379 e. The minimum Gasteiger partial charge on any atom is -0.379 e. The fourth-order valence-electron chi connectivity index (χ4n) is 2.45. The highest BCUT2D eigenvalue weighted by atomic mass is 16.3.